The highest BCUT2D eigenvalue weighted by Crippen LogP contribution is 2.39. The van der Waals surface area contributed by atoms with Crippen molar-refractivity contribution in [3.05, 3.63) is 117 Å². The molecular formula is C51H53BBr2ClN3O15. The summed E-state index contributed by atoms with van der Waals surface area (Å²) in [6, 6.07) is 27.4. The number of ether oxygens (including phenoxy) is 7. The Morgan fingerprint density at radius 2 is 0.973 bits per heavy atom. The Balaban J connectivity index is 0.000000180. The molecule has 0 unspecified atom stereocenters. The molecule has 18 nitrogen and oxygen atoms in total. The van der Waals surface area contributed by atoms with Crippen LogP contribution in [0.15, 0.2) is 99.9 Å². The van der Waals surface area contributed by atoms with E-state index in [9.17, 15) is 28.8 Å². The lowest BCUT2D eigenvalue weighted by molar-refractivity contribution is -0.140. The molecule has 22 heteroatoms. The minimum atomic E-state index is -1.46. The standard InChI is InChI=1S/C19H17NO5.C12H12BrNO3.C8H8BrClO.C7H7BO4.C4H5NO2.CH4/c1-23-15-4-2-12(10-20-18(21)6-7-19(20)22)8-14(15)13-3-5-16-17(9-13)25-11-24-16;1-17-10-3-2-8(6-9(10)13)7-14-11(15)4-5-12(14)16;1-11-8-3-2-6(5-10)4-7(8)9;9-8(10)5-1-2-6-7(3-5)12-4-11-6;6-3-1-2-4(7)5-3;/h2-5,8-9H,6-7,10-11H2,1H3;2-3,6H,4-5,7H2,1H3;2-4H,5H2,1H3;1-3,9-10H,4H2;1-2H2,(H,5,6,7);1H4. The van der Waals surface area contributed by atoms with Gasteiger partial charge in [-0.1, -0.05) is 37.8 Å². The molecule has 5 aliphatic heterocycles. The largest absolute Gasteiger partial charge is 0.496 e. The Hall–Kier alpha value is -6.65. The Labute approximate surface area is 444 Å². The van der Waals surface area contributed by atoms with Crippen LogP contribution in [0.3, 0.4) is 0 Å². The molecule has 3 fully saturated rings. The van der Waals surface area contributed by atoms with E-state index in [2.05, 4.69) is 37.2 Å². The van der Waals surface area contributed by atoms with Gasteiger partial charge in [0.15, 0.2) is 23.0 Å². The lowest BCUT2D eigenvalue weighted by Gasteiger charge is -2.16. The van der Waals surface area contributed by atoms with Crippen molar-refractivity contribution in [3.63, 3.8) is 0 Å². The van der Waals surface area contributed by atoms with Gasteiger partial charge in [-0.3, -0.25) is 43.9 Å². The molecule has 0 spiro atoms. The van der Waals surface area contributed by atoms with Crippen LogP contribution in [-0.2, 0) is 47.7 Å². The van der Waals surface area contributed by atoms with Crippen LogP contribution in [0.1, 0.15) is 62.6 Å². The number of nitrogens with one attached hydrogen (secondary N) is 1. The first-order valence-corrected chi connectivity index (χ1v) is 24.3. The summed E-state index contributed by atoms with van der Waals surface area (Å²) in [7, 11) is 3.38. The zero-order valence-electron chi connectivity index (χ0n) is 39.2. The normalized spacial score (nSPS) is 14.6. The first-order chi connectivity index (χ1) is 34.6. The van der Waals surface area contributed by atoms with Crippen LogP contribution in [0.4, 0.5) is 0 Å². The second-order valence-electron chi connectivity index (χ2n) is 15.9. The predicted octanol–water partition coefficient (Wildman–Crippen LogP) is 7.20. The number of carbonyl (C=O) groups is 6. The minimum Gasteiger partial charge on any atom is -0.496 e. The number of methoxy groups -OCH3 is 3. The van der Waals surface area contributed by atoms with Crippen LogP contribution in [0.25, 0.3) is 11.1 Å². The van der Waals surface area contributed by atoms with Crippen molar-refractivity contribution < 1.29 is 72.0 Å². The number of rotatable bonds is 10. The first-order valence-electron chi connectivity index (χ1n) is 22.1. The molecule has 5 aromatic carbocycles. The summed E-state index contributed by atoms with van der Waals surface area (Å²) in [5, 5.41) is 19.8. The van der Waals surface area contributed by atoms with Crippen molar-refractivity contribution in [2.75, 3.05) is 34.9 Å². The summed E-state index contributed by atoms with van der Waals surface area (Å²) < 4.78 is 38.3. The minimum absolute atomic E-state index is 0. The second-order valence-corrected chi connectivity index (χ2v) is 17.9. The van der Waals surface area contributed by atoms with E-state index >= 15 is 0 Å². The van der Waals surface area contributed by atoms with E-state index in [0.29, 0.717) is 85.2 Å². The number of imide groups is 3. The molecule has 386 valence electrons. The van der Waals surface area contributed by atoms with E-state index in [1.807, 2.05) is 72.8 Å². The molecule has 0 saturated carbocycles. The Morgan fingerprint density at radius 1 is 0.548 bits per heavy atom. The Morgan fingerprint density at radius 3 is 1.41 bits per heavy atom. The molecular weight excluding hydrogens is 1100 g/mol. The maximum absolute atomic E-state index is 11.8. The highest BCUT2D eigenvalue weighted by molar-refractivity contribution is 9.11. The average molecular weight is 1150 g/mol. The van der Waals surface area contributed by atoms with Crippen molar-refractivity contribution in [3.8, 4) is 51.4 Å². The smallest absolute Gasteiger partial charge is 0.488 e. The third-order valence-electron chi connectivity index (χ3n) is 11.1. The fourth-order valence-electron chi connectivity index (χ4n) is 7.29. The summed E-state index contributed by atoms with van der Waals surface area (Å²) in [6.07, 6.45) is 2.00. The lowest BCUT2D eigenvalue weighted by atomic mass is 9.80. The van der Waals surface area contributed by atoms with Crippen molar-refractivity contribution >= 4 is 91.5 Å². The van der Waals surface area contributed by atoms with Gasteiger partial charge in [0.25, 0.3) is 0 Å². The van der Waals surface area contributed by atoms with Crippen molar-refractivity contribution in [2.45, 2.75) is 64.9 Å². The first kappa shape index (κ1) is 57.3. The van der Waals surface area contributed by atoms with E-state index in [1.54, 1.807) is 39.5 Å². The molecule has 5 aliphatic rings. The van der Waals surface area contributed by atoms with Gasteiger partial charge < -0.3 is 43.2 Å². The Kier molecular flexibility index (Phi) is 21.5. The van der Waals surface area contributed by atoms with E-state index in [-0.39, 0.29) is 63.0 Å². The van der Waals surface area contributed by atoms with E-state index in [0.717, 1.165) is 48.3 Å². The number of fused-ring (bicyclic) bond motifs is 2. The average Bonchev–Trinajstić information content (AvgIpc) is 4.24. The zero-order valence-corrected chi connectivity index (χ0v) is 43.2. The lowest BCUT2D eigenvalue weighted by Crippen LogP contribution is -2.29. The number of halogens is 3. The zero-order chi connectivity index (χ0) is 51.9. The van der Waals surface area contributed by atoms with Gasteiger partial charge >= 0.3 is 7.12 Å². The van der Waals surface area contributed by atoms with Crippen LogP contribution >= 0.6 is 43.5 Å². The number of hydrogen-bond acceptors (Lipinski definition) is 15. The maximum Gasteiger partial charge on any atom is 0.488 e. The molecule has 0 aliphatic carbocycles. The maximum atomic E-state index is 11.8. The van der Waals surface area contributed by atoms with Crippen molar-refractivity contribution in [2.24, 2.45) is 0 Å². The summed E-state index contributed by atoms with van der Waals surface area (Å²) in [4.78, 5) is 69.5. The molecule has 0 radical (unpaired) electrons. The molecule has 3 N–H and O–H groups in total. The van der Waals surface area contributed by atoms with Gasteiger partial charge in [0.2, 0.25) is 49.0 Å². The molecule has 73 heavy (non-hydrogen) atoms. The van der Waals surface area contributed by atoms with Crippen LogP contribution in [-0.4, -0.2) is 97.3 Å². The molecule has 0 bridgehead atoms. The SMILES string of the molecule is C.COc1ccc(CCl)cc1Br.COc1ccc(CN2C(=O)CCC2=O)cc1-c1ccc2c(c1)OCO2.COc1ccc(CN2C(=O)CCC2=O)cc1Br.O=C1CCC(=O)N1.OB(O)c1ccc2c(c1)OCO2. The van der Waals surface area contributed by atoms with E-state index in [1.165, 1.54) is 9.80 Å². The summed E-state index contributed by atoms with van der Waals surface area (Å²) >= 11 is 12.4. The highest BCUT2D eigenvalue weighted by atomic mass is 79.9. The van der Waals surface area contributed by atoms with Crippen molar-refractivity contribution in [1.29, 1.82) is 0 Å². The van der Waals surface area contributed by atoms with Gasteiger partial charge in [-0.05, 0) is 120 Å². The number of alkyl halides is 1. The van der Waals surface area contributed by atoms with Crippen LogP contribution < -0.4 is 43.9 Å². The quantitative estimate of drug-likeness (QED) is 0.0714. The van der Waals surface area contributed by atoms with E-state index in [4.69, 9.17) is 54.8 Å². The summed E-state index contributed by atoms with van der Waals surface area (Å²) in [5.74, 6) is 4.67. The fraction of sp³-hybridized carbons (Fsp3) is 0.294. The molecule has 0 aromatic heterocycles. The van der Waals surface area contributed by atoms with Gasteiger partial charge in [0.05, 0.1) is 43.4 Å². The van der Waals surface area contributed by atoms with Crippen LogP contribution in [0, 0.1) is 0 Å². The number of carbonyl (C=O) groups excluding carboxylic acids is 6. The number of nitrogens with zero attached hydrogens (tertiary/aromatic N) is 2. The summed E-state index contributed by atoms with van der Waals surface area (Å²) in [5.41, 5.74) is 5.05. The van der Waals surface area contributed by atoms with Crippen LogP contribution in [0.2, 0.25) is 0 Å². The third kappa shape index (κ3) is 15.7. The Bertz CT molecular complexity index is 2770. The third-order valence-corrected chi connectivity index (χ3v) is 12.6. The molecule has 5 aromatic rings. The van der Waals surface area contributed by atoms with Gasteiger partial charge in [0.1, 0.15) is 17.2 Å². The highest BCUT2D eigenvalue weighted by Gasteiger charge is 2.30. The number of benzene rings is 5. The number of hydrogen-bond donors (Lipinski definition) is 3. The van der Waals surface area contributed by atoms with Crippen molar-refractivity contribution in [1.82, 2.24) is 15.1 Å². The molecule has 10 rings (SSSR count). The van der Waals surface area contributed by atoms with Gasteiger partial charge in [0, 0.05) is 50.0 Å². The van der Waals surface area contributed by atoms with E-state index < -0.39 is 7.12 Å². The molecule has 3 saturated heterocycles. The fourth-order valence-corrected chi connectivity index (χ4v) is 8.63. The summed E-state index contributed by atoms with van der Waals surface area (Å²) in [6.45, 7) is 1.02. The number of amides is 6. The molecule has 6 amide bonds. The predicted molar refractivity (Wildman–Crippen MR) is 277 cm³/mol. The topological polar surface area (TPSA) is 226 Å². The molecule has 0 atom stereocenters. The van der Waals surface area contributed by atoms with Gasteiger partial charge in [-0.15, -0.1) is 11.6 Å². The molecule has 5 heterocycles. The van der Waals surface area contributed by atoms with Crippen LogP contribution in [0.5, 0.6) is 40.2 Å². The van der Waals surface area contributed by atoms with Gasteiger partial charge in [-0.2, -0.15) is 0 Å². The number of likely N-dealkylation sites (tertiary alicyclic amines) is 2. The monoisotopic (exact) mass is 1150 g/mol. The van der Waals surface area contributed by atoms with Gasteiger partial charge in [-0.25, -0.2) is 0 Å². The second kappa shape index (κ2) is 27.4.